The molecule has 2 aromatic rings. The van der Waals surface area contributed by atoms with Crippen LogP contribution in [0, 0.1) is 0 Å². The molecular weight excluding hydrogens is 430 g/mol. The van der Waals surface area contributed by atoms with Crippen LogP contribution in [-0.4, -0.2) is 37.2 Å². The molecule has 1 heterocycles. The number of rotatable bonds is 7. The molecule has 1 fully saturated rings. The second kappa shape index (κ2) is 8.81. The van der Waals surface area contributed by atoms with Crippen molar-refractivity contribution in [2.75, 3.05) is 13.7 Å². The summed E-state index contributed by atoms with van der Waals surface area (Å²) < 4.78 is 35.9. The maximum atomic E-state index is 12.4. The van der Waals surface area contributed by atoms with E-state index in [4.69, 9.17) is 21.1 Å². The van der Waals surface area contributed by atoms with Crippen LogP contribution < -0.4 is 8.92 Å². The number of hydrogen-bond donors (Lipinski definition) is 0. The Hall–Kier alpha value is -2.62. The van der Waals surface area contributed by atoms with Gasteiger partial charge in [-0.1, -0.05) is 54.3 Å². The molecule has 3 rings (SSSR count). The lowest BCUT2D eigenvalue weighted by Crippen LogP contribution is -2.27. The summed E-state index contributed by atoms with van der Waals surface area (Å²) in [6.45, 7) is 3.97. The van der Waals surface area contributed by atoms with Gasteiger partial charge in [-0.25, -0.2) is 0 Å². The van der Waals surface area contributed by atoms with Gasteiger partial charge < -0.3 is 8.92 Å². The Kier molecular flexibility index (Phi) is 6.41. The van der Waals surface area contributed by atoms with E-state index < -0.39 is 10.1 Å². The van der Waals surface area contributed by atoms with Gasteiger partial charge in [-0.2, -0.15) is 8.42 Å². The lowest BCUT2D eigenvalue weighted by atomic mass is 10.2. The smallest absolute Gasteiger partial charge is 0.339 e. The molecule has 0 aromatic heterocycles. The number of amides is 1. The van der Waals surface area contributed by atoms with Crippen LogP contribution in [0.4, 0.5) is 0 Å². The Labute approximate surface area is 178 Å². The number of ether oxygens (including phenoxy) is 1. The number of carbonyl (C=O) groups is 1. The van der Waals surface area contributed by atoms with Crippen molar-refractivity contribution in [2.24, 2.45) is 0 Å². The number of benzene rings is 2. The summed E-state index contributed by atoms with van der Waals surface area (Å²) >= 11 is 6.41. The maximum Gasteiger partial charge on any atom is 0.339 e. The van der Waals surface area contributed by atoms with Crippen LogP contribution in [-0.2, 0) is 14.9 Å². The average Bonchev–Trinajstić information content (AvgIpc) is 2.97. The Bertz CT molecular complexity index is 1090. The van der Waals surface area contributed by atoms with Crippen molar-refractivity contribution in [1.29, 1.82) is 0 Å². The Morgan fingerprint density at radius 1 is 1.17 bits per heavy atom. The Morgan fingerprint density at radius 2 is 1.90 bits per heavy atom. The summed E-state index contributed by atoms with van der Waals surface area (Å²) in [5, 5.41) is 0. The Morgan fingerprint density at radius 3 is 2.55 bits per heavy atom. The summed E-state index contributed by atoms with van der Waals surface area (Å²) in [6.07, 6.45) is 3.27. The number of thiocarbonyl (C=S) groups is 1. The van der Waals surface area contributed by atoms with Gasteiger partial charge in [-0.3, -0.25) is 9.69 Å². The first kappa shape index (κ1) is 21.1. The summed E-state index contributed by atoms with van der Waals surface area (Å²) in [5.41, 5.74) is 0.644. The van der Waals surface area contributed by atoms with Gasteiger partial charge in [0.05, 0.1) is 12.0 Å². The average molecular weight is 448 g/mol. The molecule has 0 radical (unpaired) electrons. The second-order valence-electron chi connectivity index (χ2n) is 5.84. The molecule has 1 saturated heterocycles. The van der Waals surface area contributed by atoms with Crippen molar-refractivity contribution in [3.63, 3.8) is 0 Å². The fraction of sp³-hybridized carbons (Fsp3) is 0.100. The van der Waals surface area contributed by atoms with Gasteiger partial charge >= 0.3 is 10.1 Å². The van der Waals surface area contributed by atoms with E-state index in [1.54, 1.807) is 42.5 Å². The van der Waals surface area contributed by atoms with E-state index in [0.29, 0.717) is 21.3 Å². The third-order valence-electron chi connectivity index (χ3n) is 3.90. The summed E-state index contributed by atoms with van der Waals surface area (Å²) in [6, 6.07) is 12.5. The SMILES string of the molecule is C=CCN1C(=O)C(=Cc2ccc(OS(=O)(=O)c3ccccc3)c(OC)c2)SC1=S. The van der Waals surface area contributed by atoms with Gasteiger partial charge in [-0.05, 0) is 35.9 Å². The lowest BCUT2D eigenvalue weighted by molar-refractivity contribution is -0.121. The zero-order chi connectivity index (χ0) is 21.0. The molecule has 1 amide bonds. The molecule has 0 atom stereocenters. The van der Waals surface area contributed by atoms with Crippen LogP contribution >= 0.6 is 24.0 Å². The first-order valence-corrected chi connectivity index (χ1v) is 11.0. The molecule has 0 aliphatic carbocycles. The highest BCUT2D eigenvalue weighted by Crippen LogP contribution is 2.35. The molecule has 9 heteroatoms. The predicted molar refractivity (Wildman–Crippen MR) is 117 cm³/mol. The van der Waals surface area contributed by atoms with Crippen LogP contribution in [0.15, 0.2) is 71.0 Å². The molecule has 0 N–H and O–H groups in total. The van der Waals surface area contributed by atoms with E-state index >= 15 is 0 Å². The molecule has 150 valence electrons. The first-order chi connectivity index (χ1) is 13.9. The van der Waals surface area contributed by atoms with E-state index in [9.17, 15) is 13.2 Å². The molecule has 1 aliphatic heterocycles. The van der Waals surface area contributed by atoms with Crippen molar-refractivity contribution in [1.82, 2.24) is 4.90 Å². The zero-order valence-electron chi connectivity index (χ0n) is 15.4. The first-order valence-electron chi connectivity index (χ1n) is 8.39. The monoisotopic (exact) mass is 447 g/mol. The topological polar surface area (TPSA) is 72.9 Å². The largest absolute Gasteiger partial charge is 0.493 e. The molecule has 0 saturated carbocycles. The fourth-order valence-corrected chi connectivity index (χ4v) is 4.77. The minimum absolute atomic E-state index is 0.0389. The molecule has 1 aliphatic rings. The molecular formula is C20H17NO5S3. The normalized spacial score (nSPS) is 15.6. The number of nitrogens with zero attached hydrogens (tertiary/aromatic N) is 1. The third kappa shape index (κ3) is 4.69. The van der Waals surface area contributed by atoms with Gasteiger partial charge in [0.2, 0.25) is 0 Å². The molecule has 0 unspecified atom stereocenters. The van der Waals surface area contributed by atoms with E-state index in [2.05, 4.69) is 6.58 Å². The number of hydrogen-bond acceptors (Lipinski definition) is 7. The maximum absolute atomic E-state index is 12.4. The molecule has 2 aromatic carbocycles. The van der Waals surface area contributed by atoms with Crippen molar-refractivity contribution < 1.29 is 22.1 Å². The summed E-state index contributed by atoms with van der Waals surface area (Å²) in [4.78, 5) is 14.4. The minimum atomic E-state index is -4.00. The number of methoxy groups -OCH3 is 1. The van der Waals surface area contributed by atoms with E-state index in [0.717, 1.165) is 0 Å². The van der Waals surface area contributed by atoms with Gasteiger partial charge in [0.15, 0.2) is 11.5 Å². The van der Waals surface area contributed by atoms with Gasteiger partial charge in [0.25, 0.3) is 5.91 Å². The fourth-order valence-electron chi connectivity index (χ4n) is 2.53. The van der Waals surface area contributed by atoms with Crippen molar-refractivity contribution >= 4 is 50.4 Å². The van der Waals surface area contributed by atoms with E-state index in [1.165, 1.54) is 42.0 Å². The molecule has 0 spiro atoms. The van der Waals surface area contributed by atoms with Crippen LogP contribution in [0.2, 0.25) is 0 Å². The van der Waals surface area contributed by atoms with Crippen LogP contribution in [0.25, 0.3) is 6.08 Å². The van der Waals surface area contributed by atoms with Gasteiger partial charge in [0, 0.05) is 6.54 Å². The zero-order valence-corrected chi connectivity index (χ0v) is 17.9. The highest BCUT2D eigenvalue weighted by molar-refractivity contribution is 8.26. The number of carbonyl (C=O) groups excluding carboxylic acids is 1. The Balaban J connectivity index is 1.87. The van der Waals surface area contributed by atoms with Crippen LogP contribution in [0.5, 0.6) is 11.5 Å². The lowest BCUT2D eigenvalue weighted by Gasteiger charge is -2.12. The minimum Gasteiger partial charge on any atom is -0.493 e. The predicted octanol–water partition coefficient (Wildman–Crippen LogP) is 3.85. The molecule has 29 heavy (non-hydrogen) atoms. The van der Waals surface area contributed by atoms with Crippen LogP contribution in [0.3, 0.4) is 0 Å². The molecule has 6 nitrogen and oxygen atoms in total. The third-order valence-corrected chi connectivity index (χ3v) is 6.53. The number of thioether (sulfide) groups is 1. The summed E-state index contributed by atoms with van der Waals surface area (Å²) in [5.74, 6) is 0.0679. The second-order valence-corrected chi connectivity index (χ2v) is 9.06. The quantitative estimate of drug-likeness (QED) is 0.276. The van der Waals surface area contributed by atoms with Gasteiger partial charge in [-0.15, -0.1) is 6.58 Å². The van der Waals surface area contributed by atoms with E-state index in [1.807, 2.05) is 0 Å². The summed E-state index contributed by atoms with van der Waals surface area (Å²) in [7, 11) is -2.59. The van der Waals surface area contributed by atoms with Crippen molar-refractivity contribution in [2.45, 2.75) is 4.90 Å². The molecule has 0 bridgehead atoms. The van der Waals surface area contributed by atoms with Crippen LogP contribution in [0.1, 0.15) is 5.56 Å². The van der Waals surface area contributed by atoms with E-state index in [-0.39, 0.29) is 22.3 Å². The highest BCUT2D eigenvalue weighted by atomic mass is 32.2. The standard InChI is InChI=1S/C20H17NO5S3/c1-3-11-21-19(22)18(28-20(21)27)13-14-9-10-16(17(12-14)25-2)26-29(23,24)15-7-5-4-6-8-15/h3-10,12-13H,1,11H2,2H3. The van der Waals surface area contributed by atoms with Crippen molar-refractivity contribution in [3.8, 4) is 11.5 Å². The highest BCUT2D eigenvalue weighted by Gasteiger charge is 2.31. The van der Waals surface area contributed by atoms with Crippen molar-refractivity contribution in [3.05, 3.63) is 71.7 Å². The van der Waals surface area contributed by atoms with Gasteiger partial charge in [0.1, 0.15) is 9.22 Å².